The summed E-state index contributed by atoms with van der Waals surface area (Å²) in [7, 11) is 4.01. The molecule has 2 aliphatic rings. The summed E-state index contributed by atoms with van der Waals surface area (Å²) in [6, 6.07) is 0.145. The van der Waals surface area contributed by atoms with E-state index in [1.165, 1.54) is 0 Å². The lowest BCUT2D eigenvalue weighted by molar-refractivity contribution is -0.145. The van der Waals surface area contributed by atoms with Crippen LogP contribution >= 0.6 is 0 Å². The molecule has 0 bridgehead atoms. The zero-order valence-corrected chi connectivity index (χ0v) is 12.4. The van der Waals surface area contributed by atoms with Gasteiger partial charge < -0.3 is 20.2 Å². The molecule has 2 fully saturated rings. The van der Waals surface area contributed by atoms with Crippen molar-refractivity contribution in [2.45, 2.75) is 50.1 Å². The molecule has 1 atom stereocenters. The van der Waals surface area contributed by atoms with Gasteiger partial charge in [0.15, 0.2) is 0 Å². The van der Waals surface area contributed by atoms with Gasteiger partial charge in [-0.05, 0) is 33.4 Å². The summed E-state index contributed by atoms with van der Waals surface area (Å²) >= 11 is 0. The van der Waals surface area contributed by atoms with Crippen LogP contribution < -0.4 is 5.32 Å². The van der Waals surface area contributed by atoms with Crippen molar-refractivity contribution in [3.8, 4) is 0 Å². The Hall–Kier alpha value is -1.30. The van der Waals surface area contributed by atoms with Crippen LogP contribution in [0, 0.1) is 0 Å². The Morgan fingerprint density at radius 1 is 1.25 bits per heavy atom. The lowest BCUT2D eigenvalue weighted by Crippen LogP contribution is -2.58. The van der Waals surface area contributed by atoms with Crippen molar-refractivity contribution >= 4 is 12.0 Å². The molecule has 1 unspecified atom stereocenters. The molecule has 0 spiro atoms. The fourth-order valence-corrected chi connectivity index (χ4v) is 3.18. The topological polar surface area (TPSA) is 72.9 Å². The number of rotatable bonds is 3. The maximum Gasteiger partial charge on any atom is 0.329 e. The van der Waals surface area contributed by atoms with Crippen molar-refractivity contribution in [2.75, 3.05) is 27.2 Å². The van der Waals surface area contributed by atoms with E-state index in [4.69, 9.17) is 0 Å². The Balaban J connectivity index is 1.97. The number of nitrogens with zero attached hydrogens (tertiary/aromatic N) is 2. The van der Waals surface area contributed by atoms with Crippen LogP contribution in [0.5, 0.6) is 0 Å². The van der Waals surface area contributed by atoms with Crippen LogP contribution in [0.3, 0.4) is 0 Å². The molecule has 6 heteroatoms. The predicted octanol–water partition coefficient (Wildman–Crippen LogP) is 1.12. The summed E-state index contributed by atoms with van der Waals surface area (Å²) in [5, 5.41) is 12.3. The van der Waals surface area contributed by atoms with Crippen LogP contribution in [0.15, 0.2) is 0 Å². The van der Waals surface area contributed by atoms with E-state index in [1.807, 2.05) is 14.1 Å². The molecular weight excluding hydrogens is 258 g/mol. The second-order valence-electron chi connectivity index (χ2n) is 6.23. The molecule has 2 N–H and O–H groups in total. The predicted molar refractivity (Wildman–Crippen MR) is 75.6 cm³/mol. The summed E-state index contributed by atoms with van der Waals surface area (Å²) < 4.78 is 0. The first kappa shape index (κ1) is 15.1. The quantitative estimate of drug-likeness (QED) is 0.814. The highest BCUT2D eigenvalue weighted by molar-refractivity contribution is 5.86. The van der Waals surface area contributed by atoms with E-state index in [0.717, 1.165) is 25.7 Å². The molecule has 1 saturated carbocycles. The van der Waals surface area contributed by atoms with Crippen LogP contribution in [0.25, 0.3) is 0 Å². The highest BCUT2D eigenvalue weighted by Gasteiger charge is 2.42. The number of carbonyl (C=O) groups excluding carboxylic acids is 1. The molecule has 1 saturated heterocycles. The Morgan fingerprint density at radius 2 is 1.90 bits per heavy atom. The molecule has 1 aliphatic carbocycles. The maximum absolute atomic E-state index is 12.3. The number of aliphatic carboxylic acids is 1. The highest BCUT2D eigenvalue weighted by atomic mass is 16.4. The monoisotopic (exact) mass is 283 g/mol. The average Bonchev–Trinajstić information content (AvgIpc) is 2.89. The Labute approximate surface area is 120 Å². The summed E-state index contributed by atoms with van der Waals surface area (Å²) in [6.07, 6.45) is 4.82. The fraction of sp³-hybridized carbons (Fsp3) is 0.857. The number of likely N-dealkylation sites (N-methyl/N-ethyl adjacent to an activating group) is 1. The third-order valence-corrected chi connectivity index (χ3v) is 4.64. The van der Waals surface area contributed by atoms with Crippen LogP contribution in [0.1, 0.15) is 38.5 Å². The molecule has 0 aromatic rings. The molecule has 114 valence electrons. The molecular formula is C14H25N3O3. The van der Waals surface area contributed by atoms with E-state index in [1.54, 1.807) is 4.90 Å². The first-order valence-corrected chi connectivity index (χ1v) is 7.41. The number of hydrogen-bond acceptors (Lipinski definition) is 3. The standard InChI is InChI=1S/C14H25N3O3/c1-16(2)11-6-9-17(10-11)13(20)15-14(12(18)19)7-4-3-5-8-14/h11H,3-10H2,1-2H3,(H,15,20)(H,18,19). The van der Waals surface area contributed by atoms with Gasteiger partial charge in [-0.2, -0.15) is 0 Å². The Morgan fingerprint density at radius 3 is 2.40 bits per heavy atom. The zero-order chi connectivity index (χ0) is 14.8. The van der Waals surface area contributed by atoms with E-state index >= 15 is 0 Å². The number of nitrogens with one attached hydrogen (secondary N) is 1. The van der Waals surface area contributed by atoms with Crippen molar-refractivity contribution in [3.05, 3.63) is 0 Å². The fourth-order valence-electron chi connectivity index (χ4n) is 3.18. The van der Waals surface area contributed by atoms with E-state index in [2.05, 4.69) is 10.2 Å². The summed E-state index contributed by atoms with van der Waals surface area (Å²) in [4.78, 5) is 27.7. The lowest BCUT2D eigenvalue weighted by Gasteiger charge is -2.35. The molecule has 6 nitrogen and oxygen atoms in total. The van der Waals surface area contributed by atoms with Crippen molar-refractivity contribution in [1.29, 1.82) is 0 Å². The SMILES string of the molecule is CN(C)C1CCN(C(=O)NC2(C(=O)O)CCCCC2)C1. The number of carbonyl (C=O) groups is 2. The second kappa shape index (κ2) is 5.99. The van der Waals surface area contributed by atoms with E-state index in [0.29, 0.717) is 32.0 Å². The minimum Gasteiger partial charge on any atom is -0.480 e. The van der Waals surface area contributed by atoms with E-state index in [9.17, 15) is 14.7 Å². The number of urea groups is 1. The smallest absolute Gasteiger partial charge is 0.329 e. The normalized spacial score (nSPS) is 25.8. The third kappa shape index (κ3) is 3.06. The average molecular weight is 283 g/mol. The van der Waals surface area contributed by atoms with Crippen LogP contribution in [-0.4, -0.2) is 65.7 Å². The van der Waals surface area contributed by atoms with Crippen molar-refractivity contribution < 1.29 is 14.7 Å². The van der Waals surface area contributed by atoms with Gasteiger partial charge in [0.05, 0.1) is 0 Å². The number of amides is 2. The maximum atomic E-state index is 12.3. The molecule has 1 heterocycles. The molecule has 20 heavy (non-hydrogen) atoms. The molecule has 2 amide bonds. The molecule has 1 aliphatic heterocycles. The summed E-state index contributed by atoms with van der Waals surface area (Å²) in [6.45, 7) is 1.37. The number of carboxylic acid groups (broad SMARTS) is 1. The Bertz CT molecular complexity index is 378. The Kier molecular flexibility index (Phi) is 4.52. The van der Waals surface area contributed by atoms with Gasteiger partial charge in [0.1, 0.15) is 5.54 Å². The third-order valence-electron chi connectivity index (χ3n) is 4.64. The molecule has 2 rings (SSSR count). The molecule has 0 aromatic heterocycles. The van der Waals surface area contributed by atoms with Crippen LogP contribution in [0.2, 0.25) is 0 Å². The van der Waals surface area contributed by atoms with Crippen LogP contribution in [0.4, 0.5) is 4.79 Å². The number of likely N-dealkylation sites (tertiary alicyclic amines) is 1. The molecule has 0 radical (unpaired) electrons. The van der Waals surface area contributed by atoms with Crippen LogP contribution in [-0.2, 0) is 4.79 Å². The van der Waals surface area contributed by atoms with Gasteiger partial charge in [-0.25, -0.2) is 9.59 Å². The highest BCUT2D eigenvalue weighted by Crippen LogP contribution is 2.29. The van der Waals surface area contributed by atoms with Gasteiger partial charge in [-0.15, -0.1) is 0 Å². The van der Waals surface area contributed by atoms with Gasteiger partial charge in [0.2, 0.25) is 0 Å². The minimum atomic E-state index is -1.05. The number of carboxylic acids is 1. The van der Waals surface area contributed by atoms with E-state index in [-0.39, 0.29) is 6.03 Å². The lowest BCUT2D eigenvalue weighted by atomic mass is 9.82. The van der Waals surface area contributed by atoms with Crippen molar-refractivity contribution in [1.82, 2.24) is 15.1 Å². The van der Waals surface area contributed by atoms with Crippen molar-refractivity contribution in [3.63, 3.8) is 0 Å². The van der Waals surface area contributed by atoms with Crippen molar-refractivity contribution in [2.24, 2.45) is 0 Å². The van der Waals surface area contributed by atoms with Gasteiger partial charge in [-0.1, -0.05) is 19.3 Å². The van der Waals surface area contributed by atoms with Gasteiger partial charge >= 0.3 is 12.0 Å². The summed E-state index contributed by atoms with van der Waals surface area (Å²) in [5.41, 5.74) is -1.05. The minimum absolute atomic E-state index is 0.223. The second-order valence-corrected chi connectivity index (χ2v) is 6.23. The first-order chi connectivity index (χ1) is 9.44. The largest absolute Gasteiger partial charge is 0.480 e. The van der Waals surface area contributed by atoms with Gasteiger partial charge in [-0.3, -0.25) is 0 Å². The zero-order valence-electron chi connectivity index (χ0n) is 12.4. The van der Waals surface area contributed by atoms with Gasteiger partial charge in [0.25, 0.3) is 0 Å². The van der Waals surface area contributed by atoms with Gasteiger partial charge in [0, 0.05) is 19.1 Å². The summed E-state index contributed by atoms with van der Waals surface area (Å²) in [5.74, 6) is -0.895. The molecule has 0 aromatic carbocycles. The number of hydrogen-bond donors (Lipinski definition) is 2. The first-order valence-electron chi connectivity index (χ1n) is 7.41. The van der Waals surface area contributed by atoms with E-state index < -0.39 is 11.5 Å².